The number of para-hydroxylation sites is 1. The minimum atomic E-state index is -0.795. The number of rotatable bonds is 8. The Hall–Kier alpha value is -3.68. The Bertz CT molecular complexity index is 1060. The number of carbonyl (C=O) groups excluding carboxylic acids is 4. The molecule has 2 aliphatic rings. The molecule has 8 nitrogen and oxygen atoms in total. The van der Waals surface area contributed by atoms with Gasteiger partial charge in [-0.15, -0.1) is 0 Å². The number of carbonyl (C=O) groups is 4. The molecular weight excluding hydrogens is 432 g/mol. The molecule has 2 aromatic carbocycles. The van der Waals surface area contributed by atoms with Crippen molar-refractivity contribution in [2.75, 3.05) is 18.4 Å². The molecule has 34 heavy (non-hydrogen) atoms. The van der Waals surface area contributed by atoms with Gasteiger partial charge in [0.05, 0.1) is 11.3 Å². The summed E-state index contributed by atoms with van der Waals surface area (Å²) in [5.41, 5.74) is 1.08. The van der Waals surface area contributed by atoms with Crippen LogP contribution in [0.25, 0.3) is 0 Å². The van der Waals surface area contributed by atoms with Crippen LogP contribution in [0, 0.1) is 0 Å². The van der Waals surface area contributed by atoms with E-state index in [0.29, 0.717) is 37.1 Å². The third kappa shape index (κ3) is 5.27. The quantitative estimate of drug-likeness (QED) is 0.524. The van der Waals surface area contributed by atoms with E-state index in [1.165, 1.54) is 0 Å². The first-order chi connectivity index (χ1) is 16.5. The molecule has 0 aromatic heterocycles. The predicted octanol–water partition coefficient (Wildman–Crippen LogP) is 3.24. The van der Waals surface area contributed by atoms with Gasteiger partial charge < -0.3 is 16.0 Å². The predicted molar refractivity (Wildman–Crippen MR) is 128 cm³/mol. The molecule has 0 atom stereocenters. The van der Waals surface area contributed by atoms with Gasteiger partial charge in [0.1, 0.15) is 5.54 Å². The first-order valence-electron chi connectivity index (χ1n) is 11.8. The van der Waals surface area contributed by atoms with Crippen LogP contribution in [0.1, 0.15) is 54.4 Å². The van der Waals surface area contributed by atoms with Gasteiger partial charge in [-0.25, -0.2) is 4.79 Å². The van der Waals surface area contributed by atoms with Crippen LogP contribution < -0.4 is 16.0 Å². The van der Waals surface area contributed by atoms with Gasteiger partial charge in [0.25, 0.3) is 11.8 Å². The second-order valence-corrected chi connectivity index (χ2v) is 8.86. The third-order valence-electron chi connectivity index (χ3n) is 6.50. The molecule has 8 heteroatoms. The number of amides is 5. The van der Waals surface area contributed by atoms with Gasteiger partial charge in [-0.05, 0) is 37.0 Å². The second kappa shape index (κ2) is 10.5. The number of imide groups is 1. The molecule has 1 aliphatic heterocycles. The van der Waals surface area contributed by atoms with E-state index >= 15 is 0 Å². The van der Waals surface area contributed by atoms with Crippen LogP contribution >= 0.6 is 0 Å². The van der Waals surface area contributed by atoms with Crippen molar-refractivity contribution in [2.24, 2.45) is 0 Å². The number of urea groups is 1. The normalized spacial score (nSPS) is 16.9. The molecule has 1 spiro atoms. The molecule has 0 unspecified atom stereocenters. The zero-order valence-electron chi connectivity index (χ0n) is 19.1. The Morgan fingerprint density at radius 3 is 2.41 bits per heavy atom. The summed E-state index contributed by atoms with van der Waals surface area (Å²) in [7, 11) is 0. The lowest BCUT2D eigenvalue weighted by Gasteiger charge is -2.30. The monoisotopic (exact) mass is 462 g/mol. The zero-order chi connectivity index (χ0) is 24.0. The molecule has 1 aliphatic carbocycles. The first kappa shape index (κ1) is 23.5. The van der Waals surface area contributed by atoms with Crippen molar-refractivity contribution >= 4 is 29.4 Å². The standard InChI is InChI=1S/C26H30N4O4/c31-22(14-18-30-24(33)26(29-25(30)34)15-7-2-8-16-26)28-21-12-6-5-11-20(21)23(32)27-17-13-19-9-3-1-4-10-19/h1,3-6,9-12H,2,7-8,13-18H2,(H,27,32)(H,28,31)(H,29,34). The average Bonchev–Trinajstić information content (AvgIpc) is 3.07. The van der Waals surface area contributed by atoms with Crippen LogP contribution in [0.15, 0.2) is 54.6 Å². The van der Waals surface area contributed by atoms with Gasteiger partial charge in [0.2, 0.25) is 5.91 Å². The van der Waals surface area contributed by atoms with Crippen LogP contribution in [-0.4, -0.2) is 47.3 Å². The van der Waals surface area contributed by atoms with E-state index in [-0.39, 0.29) is 30.7 Å². The molecule has 4 rings (SSSR count). The molecule has 3 N–H and O–H groups in total. The molecule has 1 saturated carbocycles. The van der Waals surface area contributed by atoms with Crippen molar-refractivity contribution in [1.82, 2.24) is 15.5 Å². The maximum absolute atomic E-state index is 12.9. The Balaban J connectivity index is 1.31. The minimum Gasteiger partial charge on any atom is -0.352 e. The van der Waals surface area contributed by atoms with E-state index in [1.54, 1.807) is 24.3 Å². The van der Waals surface area contributed by atoms with Crippen molar-refractivity contribution in [2.45, 2.75) is 50.5 Å². The third-order valence-corrected chi connectivity index (χ3v) is 6.50. The van der Waals surface area contributed by atoms with E-state index in [0.717, 1.165) is 29.7 Å². The maximum Gasteiger partial charge on any atom is 0.325 e. The fourth-order valence-corrected chi connectivity index (χ4v) is 4.65. The second-order valence-electron chi connectivity index (χ2n) is 8.86. The van der Waals surface area contributed by atoms with E-state index in [2.05, 4.69) is 16.0 Å². The van der Waals surface area contributed by atoms with E-state index < -0.39 is 11.6 Å². The molecular formula is C26H30N4O4. The fourth-order valence-electron chi connectivity index (χ4n) is 4.65. The largest absolute Gasteiger partial charge is 0.352 e. The van der Waals surface area contributed by atoms with Gasteiger partial charge in [-0.1, -0.05) is 61.7 Å². The molecule has 0 radical (unpaired) electrons. The van der Waals surface area contributed by atoms with Crippen molar-refractivity contribution in [3.63, 3.8) is 0 Å². The fraction of sp³-hybridized carbons (Fsp3) is 0.385. The van der Waals surface area contributed by atoms with Crippen LogP contribution in [-0.2, 0) is 16.0 Å². The van der Waals surface area contributed by atoms with E-state index in [4.69, 9.17) is 0 Å². The van der Waals surface area contributed by atoms with Crippen LogP contribution in [0.3, 0.4) is 0 Å². The average molecular weight is 463 g/mol. The highest BCUT2D eigenvalue weighted by atomic mass is 16.2. The summed E-state index contributed by atoms with van der Waals surface area (Å²) in [5.74, 6) is -0.877. The molecule has 2 fully saturated rings. The van der Waals surface area contributed by atoms with Gasteiger partial charge in [-0.3, -0.25) is 19.3 Å². The number of anilines is 1. The lowest BCUT2D eigenvalue weighted by molar-refractivity contribution is -0.132. The topological polar surface area (TPSA) is 108 Å². The van der Waals surface area contributed by atoms with Crippen molar-refractivity contribution < 1.29 is 19.2 Å². The van der Waals surface area contributed by atoms with Crippen LogP contribution in [0.4, 0.5) is 10.5 Å². The molecule has 178 valence electrons. The Kier molecular flexibility index (Phi) is 7.25. The summed E-state index contributed by atoms with van der Waals surface area (Å²) in [6.07, 6.45) is 4.83. The number of benzene rings is 2. The summed E-state index contributed by atoms with van der Waals surface area (Å²) in [6.45, 7) is 0.475. The molecule has 1 saturated heterocycles. The summed E-state index contributed by atoms with van der Waals surface area (Å²) in [6, 6.07) is 16.2. The summed E-state index contributed by atoms with van der Waals surface area (Å²) >= 11 is 0. The van der Waals surface area contributed by atoms with E-state index in [1.807, 2.05) is 30.3 Å². The van der Waals surface area contributed by atoms with Crippen molar-refractivity contribution in [3.8, 4) is 0 Å². The van der Waals surface area contributed by atoms with Gasteiger partial charge in [-0.2, -0.15) is 0 Å². The van der Waals surface area contributed by atoms with Crippen molar-refractivity contribution in [1.29, 1.82) is 0 Å². The van der Waals surface area contributed by atoms with Gasteiger partial charge >= 0.3 is 6.03 Å². The Morgan fingerprint density at radius 1 is 0.941 bits per heavy atom. The van der Waals surface area contributed by atoms with Crippen LogP contribution in [0.2, 0.25) is 0 Å². The molecule has 2 aromatic rings. The highest BCUT2D eigenvalue weighted by Gasteiger charge is 2.51. The summed E-state index contributed by atoms with van der Waals surface area (Å²) < 4.78 is 0. The highest BCUT2D eigenvalue weighted by Crippen LogP contribution is 2.33. The number of nitrogens with zero attached hydrogens (tertiary/aromatic N) is 1. The van der Waals surface area contributed by atoms with Crippen molar-refractivity contribution in [3.05, 3.63) is 65.7 Å². The van der Waals surface area contributed by atoms with Gasteiger partial charge in [0.15, 0.2) is 0 Å². The lowest BCUT2D eigenvalue weighted by atomic mass is 9.82. The zero-order valence-corrected chi connectivity index (χ0v) is 19.1. The summed E-state index contributed by atoms with van der Waals surface area (Å²) in [4.78, 5) is 51.7. The smallest absolute Gasteiger partial charge is 0.325 e. The first-order valence-corrected chi connectivity index (χ1v) is 11.8. The van der Waals surface area contributed by atoms with E-state index in [9.17, 15) is 19.2 Å². The Labute approximate surface area is 199 Å². The summed E-state index contributed by atoms with van der Waals surface area (Å²) in [5, 5.41) is 8.49. The minimum absolute atomic E-state index is 0.00366. The number of nitrogens with one attached hydrogen (secondary N) is 3. The number of hydrogen-bond donors (Lipinski definition) is 3. The SMILES string of the molecule is O=C(CCN1C(=O)NC2(CCCCC2)C1=O)Nc1ccccc1C(=O)NCCc1ccccc1. The number of hydrogen-bond acceptors (Lipinski definition) is 4. The Morgan fingerprint density at radius 2 is 1.65 bits per heavy atom. The molecule has 1 heterocycles. The molecule has 0 bridgehead atoms. The molecule has 5 amide bonds. The highest BCUT2D eigenvalue weighted by molar-refractivity contribution is 6.08. The lowest BCUT2D eigenvalue weighted by Crippen LogP contribution is -2.48. The van der Waals surface area contributed by atoms with Gasteiger partial charge in [0, 0.05) is 19.5 Å². The maximum atomic E-state index is 12.9. The van der Waals surface area contributed by atoms with Crippen LogP contribution in [0.5, 0.6) is 0 Å².